The fourth-order valence-corrected chi connectivity index (χ4v) is 4.36. The maximum absolute atomic E-state index is 12.4. The first-order chi connectivity index (χ1) is 13.1. The Morgan fingerprint density at radius 2 is 2.00 bits per heavy atom. The Morgan fingerprint density at radius 3 is 2.67 bits per heavy atom. The van der Waals surface area contributed by atoms with Crippen molar-refractivity contribution in [1.82, 2.24) is 20.1 Å². The maximum Gasteiger partial charge on any atom is 0.230 e. The number of thioether (sulfide) groups is 1. The second kappa shape index (κ2) is 9.26. The number of carbonyl (C=O) groups is 1. The lowest BCUT2D eigenvalue weighted by Gasteiger charge is -2.29. The van der Waals surface area contributed by atoms with Gasteiger partial charge >= 0.3 is 0 Å². The molecule has 1 aromatic carbocycles. The van der Waals surface area contributed by atoms with Crippen LogP contribution in [0, 0.1) is 5.92 Å². The standard InChI is InChI=1S/C20H28N4O2S/c1-4-24-19(15-9-11-16(26-3)12-10-15)22-23-20(24)27-13-18(25)21-17-8-6-5-7-14(17)2/h9-12,14,17H,4-8,13H2,1-3H3,(H,21,25)/t14-,17-/m0/s1. The summed E-state index contributed by atoms with van der Waals surface area (Å²) in [4.78, 5) is 12.4. The third kappa shape index (κ3) is 4.83. The van der Waals surface area contributed by atoms with Crippen LogP contribution in [0.1, 0.15) is 39.5 Å². The lowest BCUT2D eigenvalue weighted by molar-refractivity contribution is -0.119. The van der Waals surface area contributed by atoms with Crippen molar-refractivity contribution in [2.75, 3.05) is 12.9 Å². The molecule has 2 aromatic rings. The van der Waals surface area contributed by atoms with E-state index < -0.39 is 0 Å². The summed E-state index contributed by atoms with van der Waals surface area (Å²) in [5, 5.41) is 12.6. The Balaban J connectivity index is 1.63. The van der Waals surface area contributed by atoms with Gasteiger partial charge in [0.2, 0.25) is 5.91 Å². The number of aromatic nitrogens is 3. The van der Waals surface area contributed by atoms with E-state index in [4.69, 9.17) is 4.74 Å². The molecule has 1 fully saturated rings. The second-order valence-electron chi connectivity index (χ2n) is 7.00. The summed E-state index contributed by atoms with van der Waals surface area (Å²) in [6, 6.07) is 8.08. The SMILES string of the molecule is CCn1c(SCC(=O)N[C@H]2CCCC[C@@H]2C)nnc1-c1ccc(OC)cc1. The van der Waals surface area contributed by atoms with E-state index in [1.807, 2.05) is 28.8 Å². The predicted octanol–water partition coefficient (Wildman–Crippen LogP) is 3.76. The molecule has 27 heavy (non-hydrogen) atoms. The summed E-state index contributed by atoms with van der Waals surface area (Å²) < 4.78 is 7.25. The molecule has 2 atom stereocenters. The zero-order valence-corrected chi connectivity index (χ0v) is 17.1. The van der Waals surface area contributed by atoms with Crippen LogP contribution in [-0.2, 0) is 11.3 Å². The summed E-state index contributed by atoms with van der Waals surface area (Å²) in [5.74, 6) is 2.63. The minimum atomic E-state index is 0.0791. The van der Waals surface area contributed by atoms with Crippen molar-refractivity contribution < 1.29 is 9.53 Å². The van der Waals surface area contributed by atoms with Crippen molar-refractivity contribution in [3.63, 3.8) is 0 Å². The van der Waals surface area contributed by atoms with Crippen molar-refractivity contribution in [3.8, 4) is 17.1 Å². The Kier molecular flexibility index (Phi) is 6.77. The molecule has 3 rings (SSSR count). The molecule has 1 aliphatic carbocycles. The zero-order chi connectivity index (χ0) is 19.2. The van der Waals surface area contributed by atoms with Crippen molar-refractivity contribution >= 4 is 17.7 Å². The van der Waals surface area contributed by atoms with Crippen LogP contribution in [0.25, 0.3) is 11.4 Å². The summed E-state index contributed by atoms with van der Waals surface area (Å²) in [7, 11) is 1.65. The van der Waals surface area contributed by atoms with Gasteiger partial charge in [0, 0.05) is 18.2 Å². The Bertz CT molecular complexity index is 760. The molecule has 1 aliphatic rings. The van der Waals surface area contributed by atoms with E-state index in [2.05, 4.69) is 29.4 Å². The summed E-state index contributed by atoms with van der Waals surface area (Å²) in [5.41, 5.74) is 0.984. The number of ether oxygens (including phenoxy) is 1. The van der Waals surface area contributed by atoms with Gasteiger partial charge in [-0.3, -0.25) is 4.79 Å². The van der Waals surface area contributed by atoms with E-state index in [0.717, 1.165) is 35.3 Å². The highest BCUT2D eigenvalue weighted by Crippen LogP contribution is 2.26. The summed E-state index contributed by atoms with van der Waals surface area (Å²) in [6.07, 6.45) is 4.77. The number of benzene rings is 1. The number of amides is 1. The first kappa shape index (κ1) is 19.7. The number of carbonyl (C=O) groups excluding carboxylic acids is 1. The first-order valence-electron chi connectivity index (χ1n) is 9.62. The molecule has 1 aromatic heterocycles. The normalized spacial score (nSPS) is 19.7. The molecule has 1 N–H and O–H groups in total. The zero-order valence-electron chi connectivity index (χ0n) is 16.3. The molecular weight excluding hydrogens is 360 g/mol. The lowest BCUT2D eigenvalue weighted by Crippen LogP contribution is -2.41. The quantitative estimate of drug-likeness (QED) is 0.732. The highest BCUT2D eigenvalue weighted by Gasteiger charge is 2.23. The van der Waals surface area contributed by atoms with Crippen LogP contribution in [0.15, 0.2) is 29.4 Å². The molecule has 7 heteroatoms. The number of nitrogens with one attached hydrogen (secondary N) is 1. The van der Waals surface area contributed by atoms with Crippen molar-refractivity contribution in [1.29, 1.82) is 0 Å². The summed E-state index contributed by atoms with van der Waals surface area (Å²) >= 11 is 1.45. The third-order valence-corrected chi connectivity index (χ3v) is 6.14. The highest BCUT2D eigenvalue weighted by atomic mass is 32.2. The fraction of sp³-hybridized carbons (Fsp3) is 0.550. The van der Waals surface area contributed by atoms with Gasteiger partial charge in [-0.2, -0.15) is 0 Å². The lowest BCUT2D eigenvalue weighted by atomic mass is 9.86. The molecule has 0 aliphatic heterocycles. The van der Waals surface area contributed by atoms with Crippen LogP contribution >= 0.6 is 11.8 Å². The first-order valence-corrected chi connectivity index (χ1v) is 10.6. The average Bonchev–Trinajstić information content (AvgIpc) is 3.11. The molecular formula is C20H28N4O2S. The number of methoxy groups -OCH3 is 1. The second-order valence-corrected chi connectivity index (χ2v) is 7.95. The minimum absolute atomic E-state index is 0.0791. The van der Waals surface area contributed by atoms with E-state index in [9.17, 15) is 4.79 Å². The van der Waals surface area contributed by atoms with Crippen LogP contribution in [0.2, 0.25) is 0 Å². The summed E-state index contributed by atoms with van der Waals surface area (Å²) in [6.45, 7) is 5.04. The van der Waals surface area contributed by atoms with Gasteiger partial charge < -0.3 is 14.6 Å². The van der Waals surface area contributed by atoms with Gasteiger partial charge in [0.15, 0.2) is 11.0 Å². The number of nitrogens with zero attached hydrogens (tertiary/aromatic N) is 3. The van der Waals surface area contributed by atoms with Crippen LogP contribution in [0.3, 0.4) is 0 Å². The predicted molar refractivity (Wildman–Crippen MR) is 108 cm³/mol. The maximum atomic E-state index is 12.4. The van der Waals surface area contributed by atoms with E-state index in [-0.39, 0.29) is 5.91 Å². The van der Waals surface area contributed by atoms with Gasteiger partial charge in [-0.1, -0.05) is 31.5 Å². The molecule has 0 unspecified atom stereocenters. The topological polar surface area (TPSA) is 69.0 Å². The minimum Gasteiger partial charge on any atom is -0.497 e. The number of hydrogen-bond donors (Lipinski definition) is 1. The van der Waals surface area contributed by atoms with Crippen LogP contribution in [-0.4, -0.2) is 39.6 Å². The van der Waals surface area contributed by atoms with Gasteiger partial charge in [0.05, 0.1) is 12.9 Å². The third-order valence-electron chi connectivity index (χ3n) is 5.17. The average molecular weight is 389 g/mol. The fourth-order valence-electron chi connectivity index (χ4n) is 3.54. The van der Waals surface area contributed by atoms with E-state index in [1.165, 1.54) is 31.0 Å². The van der Waals surface area contributed by atoms with Gasteiger partial charge in [-0.05, 0) is 49.9 Å². The molecule has 1 amide bonds. The van der Waals surface area contributed by atoms with Crippen molar-refractivity contribution in [2.45, 2.75) is 57.3 Å². The molecule has 1 saturated carbocycles. The van der Waals surface area contributed by atoms with Crippen LogP contribution in [0.5, 0.6) is 5.75 Å². The van der Waals surface area contributed by atoms with Crippen molar-refractivity contribution in [2.24, 2.45) is 5.92 Å². The van der Waals surface area contributed by atoms with Gasteiger partial charge in [-0.15, -0.1) is 10.2 Å². The van der Waals surface area contributed by atoms with Gasteiger partial charge in [-0.25, -0.2) is 0 Å². The molecule has 0 saturated heterocycles. The van der Waals surface area contributed by atoms with Gasteiger partial charge in [0.25, 0.3) is 0 Å². The smallest absolute Gasteiger partial charge is 0.230 e. The van der Waals surface area contributed by atoms with Crippen LogP contribution in [0.4, 0.5) is 0 Å². The van der Waals surface area contributed by atoms with Crippen molar-refractivity contribution in [3.05, 3.63) is 24.3 Å². The number of hydrogen-bond acceptors (Lipinski definition) is 5. The van der Waals surface area contributed by atoms with E-state index >= 15 is 0 Å². The Morgan fingerprint density at radius 1 is 1.26 bits per heavy atom. The largest absolute Gasteiger partial charge is 0.497 e. The van der Waals surface area contributed by atoms with Crippen LogP contribution < -0.4 is 10.1 Å². The Hall–Kier alpha value is -2.02. The number of rotatable bonds is 7. The highest BCUT2D eigenvalue weighted by molar-refractivity contribution is 7.99. The monoisotopic (exact) mass is 388 g/mol. The van der Waals surface area contributed by atoms with E-state index in [1.54, 1.807) is 7.11 Å². The molecule has 0 radical (unpaired) electrons. The van der Waals surface area contributed by atoms with E-state index in [0.29, 0.717) is 17.7 Å². The molecule has 146 valence electrons. The molecule has 1 heterocycles. The van der Waals surface area contributed by atoms with Gasteiger partial charge in [0.1, 0.15) is 5.75 Å². The molecule has 0 bridgehead atoms. The molecule has 0 spiro atoms. The molecule has 6 nitrogen and oxygen atoms in total. The Labute approximate surface area is 165 Å².